The molecular weight excluding hydrogens is 196 g/mol. The molecule has 0 N–H and O–H groups in total. The van der Waals surface area contributed by atoms with Gasteiger partial charge < -0.3 is 4.84 Å². The number of rotatable bonds is 5. The lowest BCUT2D eigenvalue weighted by atomic mass is 10.2. The van der Waals surface area contributed by atoms with Crippen molar-refractivity contribution in [2.45, 2.75) is 20.0 Å². The third kappa shape index (κ3) is 3.38. The van der Waals surface area contributed by atoms with Gasteiger partial charge in [-0.1, -0.05) is 24.2 Å². The van der Waals surface area contributed by atoms with Crippen LogP contribution in [0.4, 0.5) is 5.69 Å². The number of oxime groups is 1. The summed E-state index contributed by atoms with van der Waals surface area (Å²) in [6.07, 6.45) is 2.38. The molecule has 0 amide bonds. The van der Waals surface area contributed by atoms with Crippen molar-refractivity contribution in [3.63, 3.8) is 0 Å². The molecule has 0 saturated carbocycles. The van der Waals surface area contributed by atoms with Crippen LogP contribution >= 0.6 is 0 Å². The average molecular weight is 208 g/mol. The van der Waals surface area contributed by atoms with E-state index in [0.29, 0.717) is 5.56 Å². The van der Waals surface area contributed by atoms with Crippen LogP contribution < -0.4 is 0 Å². The van der Waals surface area contributed by atoms with E-state index in [4.69, 9.17) is 4.84 Å². The fourth-order valence-corrected chi connectivity index (χ4v) is 1.05. The first-order chi connectivity index (χ1) is 7.25. The Balaban J connectivity index is 2.67. The van der Waals surface area contributed by atoms with Gasteiger partial charge in [0.15, 0.2) is 0 Å². The van der Waals surface area contributed by atoms with Crippen LogP contribution in [0.1, 0.15) is 18.9 Å². The Morgan fingerprint density at radius 2 is 2.27 bits per heavy atom. The number of nitro benzene ring substituents is 1. The highest BCUT2D eigenvalue weighted by Gasteiger charge is 2.11. The Hall–Kier alpha value is -1.91. The quantitative estimate of drug-likeness (QED) is 0.424. The summed E-state index contributed by atoms with van der Waals surface area (Å²) in [5.41, 5.74) is 0.583. The van der Waals surface area contributed by atoms with Crippen LogP contribution in [0.2, 0.25) is 0 Å². The predicted octanol–water partition coefficient (Wildman–Crippen LogP) is 2.51. The fraction of sp³-hybridized carbons (Fsp3) is 0.300. The second-order valence-electron chi connectivity index (χ2n) is 2.86. The summed E-state index contributed by atoms with van der Waals surface area (Å²) in [6, 6.07) is 6.45. The van der Waals surface area contributed by atoms with Crippen molar-refractivity contribution >= 4 is 11.9 Å². The van der Waals surface area contributed by atoms with E-state index in [9.17, 15) is 10.1 Å². The van der Waals surface area contributed by atoms with Crippen molar-refractivity contribution in [1.82, 2.24) is 0 Å². The van der Waals surface area contributed by atoms with Crippen LogP contribution in [-0.2, 0) is 11.4 Å². The third-order valence-electron chi connectivity index (χ3n) is 1.74. The molecule has 0 spiro atoms. The molecule has 1 aromatic rings. The van der Waals surface area contributed by atoms with Gasteiger partial charge in [-0.15, -0.1) is 0 Å². The molecule has 1 rings (SSSR count). The summed E-state index contributed by atoms with van der Waals surface area (Å²) >= 11 is 0. The molecule has 0 atom stereocenters. The van der Waals surface area contributed by atoms with E-state index in [1.807, 2.05) is 6.92 Å². The van der Waals surface area contributed by atoms with Crippen LogP contribution in [-0.4, -0.2) is 11.1 Å². The minimum Gasteiger partial charge on any atom is -0.391 e. The molecule has 0 saturated heterocycles. The van der Waals surface area contributed by atoms with Gasteiger partial charge in [-0.2, -0.15) is 0 Å². The highest BCUT2D eigenvalue weighted by molar-refractivity contribution is 5.55. The highest BCUT2D eigenvalue weighted by atomic mass is 16.6. The zero-order valence-electron chi connectivity index (χ0n) is 8.42. The van der Waals surface area contributed by atoms with Crippen molar-refractivity contribution < 1.29 is 9.76 Å². The van der Waals surface area contributed by atoms with Gasteiger partial charge in [-0.25, -0.2) is 0 Å². The zero-order chi connectivity index (χ0) is 11.1. The summed E-state index contributed by atoms with van der Waals surface area (Å²) in [4.78, 5) is 15.1. The first-order valence-electron chi connectivity index (χ1n) is 4.61. The van der Waals surface area contributed by atoms with E-state index in [1.165, 1.54) is 6.07 Å². The lowest BCUT2D eigenvalue weighted by molar-refractivity contribution is -0.386. The fourth-order valence-electron chi connectivity index (χ4n) is 1.05. The molecular formula is C10H12N2O3. The van der Waals surface area contributed by atoms with E-state index in [1.54, 1.807) is 24.4 Å². The molecule has 1 aromatic carbocycles. The molecule has 0 aliphatic heterocycles. The first-order valence-corrected chi connectivity index (χ1v) is 4.61. The van der Waals surface area contributed by atoms with E-state index < -0.39 is 4.92 Å². The van der Waals surface area contributed by atoms with Crippen LogP contribution in [0.3, 0.4) is 0 Å². The van der Waals surface area contributed by atoms with Gasteiger partial charge in [0.25, 0.3) is 5.69 Å². The number of hydrogen-bond donors (Lipinski definition) is 0. The van der Waals surface area contributed by atoms with Gasteiger partial charge in [0.05, 0.1) is 10.5 Å². The van der Waals surface area contributed by atoms with Crippen LogP contribution in [0, 0.1) is 10.1 Å². The first kappa shape index (κ1) is 11.2. The van der Waals surface area contributed by atoms with Gasteiger partial charge in [0.1, 0.15) is 6.61 Å². The smallest absolute Gasteiger partial charge is 0.276 e. The van der Waals surface area contributed by atoms with Crippen molar-refractivity contribution in [3.05, 3.63) is 39.9 Å². The standard InChI is InChI=1S/C10H12N2O3/c1-2-7-11-15-8-9-5-3-4-6-10(9)12(13)14/h3-7H,2,8H2,1H3. The minimum atomic E-state index is -0.428. The van der Waals surface area contributed by atoms with Gasteiger partial charge in [-0.3, -0.25) is 10.1 Å². The number of benzene rings is 1. The maximum absolute atomic E-state index is 10.6. The second kappa shape index (κ2) is 5.74. The summed E-state index contributed by atoms with van der Waals surface area (Å²) in [5, 5.41) is 14.3. The summed E-state index contributed by atoms with van der Waals surface area (Å²) in [6.45, 7) is 2.05. The number of nitrogens with zero attached hydrogens (tertiary/aromatic N) is 2. The van der Waals surface area contributed by atoms with Crippen molar-refractivity contribution in [3.8, 4) is 0 Å². The SMILES string of the molecule is CCC=NOCc1ccccc1[N+](=O)[O-]. The minimum absolute atomic E-state index is 0.0594. The van der Waals surface area contributed by atoms with Gasteiger partial charge in [0, 0.05) is 12.3 Å². The molecule has 5 heteroatoms. The van der Waals surface area contributed by atoms with Crippen LogP contribution in [0.15, 0.2) is 29.4 Å². The third-order valence-corrected chi connectivity index (χ3v) is 1.74. The zero-order valence-corrected chi connectivity index (χ0v) is 8.42. The molecule has 0 heterocycles. The van der Waals surface area contributed by atoms with E-state index in [-0.39, 0.29) is 12.3 Å². The summed E-state index contributed by atoms with van der Waals surface area (Å²) < 4.78 is 0. The summed E-state index contributed by atoms with van der Waals surface area (Å²) in [5.74, 6) is 0. The molecule has 0 unspecified atom stereocenters. The number of para-hydroxylation sites is 1. The van der Waals surface area contributed by atoms with Crippen molar-refractivity contribution in [2.75, 3.05) is 0 Å². The Morgan fingerprint density at radius 3 is 2.93 bits per heavy atom. The Kier molecular flexibility index (Phi) is 4.28. The topological polar surface area (TPSA) is 64.7 Å². The second-order valence-corrected chi connectivity index (χ2v) is 2.86. The maximum atomic E-state index is 10.6. The molecule has 0 aliphatic rings. The lowest BCUT2D eigenvalue weighted by Gasteiger charge is -2.00. The maximum Gasteiger partial charge on any atom is 0.276 e. The van der Waals surface area contributed by atoms with Crippen molar-refractivity contribution in [1.29, 1.82) is 0 Å². The number of hydrogen-bond acceptors (Lipinski definition) is 4. The monoisotopic (exact) mass is 208 g/mol. The molecule has 0 aromatic heterocycles. The molecule has 0 fully saturated rings. The lowest BCUT2D eigenvalue weighted by Crippen LogP contribution is -1.96. The Labute approximate surface area is 87.5 Å². The normalized spacial score (nSPS) is 10.5. The van der Waals surface area contributed by atoms with E-state index >= 15 is 0 Å². The van der Waals surface area contributed by atoms with E-state index in [0.717, 1.165) is 6.42 Å². The molecule has 0 aliphatic carbocycles. The molecule has 15 heavy (non-hydrogen) atoms. The molecule has 0 bridgehead atoms. The average Bonchev–Trinajstić information content (AvgIpc) is 2.25. The van der Waals surface area contributed by atoms with Crippen molar-refractivity contribution in [2.24, 2.45) is 5.16 Å². The molecule has 5 nitrogen and oxygen atoms in total. The Morgan fingerprint density at radius 1 is 1.53 bits per heavy atom. The van der Waals surface area contributed by atoms with Gasteiger partial charge in [0.2, 0.25) is 0 Å². The van der Waals surface area contributed by atoms with Crippen LogP contribution in [0.5, 0.6) is 0 Å². The largest absolute Gasteiger partial charge is 0.391 e. The van der Waals surface area contributed by atoms with Crippen LogP contribution in [0.25, 0.3) is 0 Å². The van der Waals surface area contributed by atoms with Gasteiger partial charge in [-0.05, 0) is 12.5 Å². The van der Waals surface area contributed by atoms with Gasteiger partial charge >= 0.3 is 0 Å². The molecule has 80 valence electrons. The predicted molar refractivity (Wildman–Crippen MR) is 56.7 cm³/mol. The van der Waals surface area contributed by atoms with E-state index in [2.05, 4.69) is 5.16 Å². The Bertz CT molecular complexity index is 363. The number of nitro groups is 1. The molecule has 0 radical (unpaired) electrons. The summed E-state index contributed by atoms with van der Waals surface area (Å²) in [7, 11) is 0. The highest BCUT2D eigenvalue weighted by Crippen LogP contribution is 2.18.